The monoisotopic (exact) mass is 1650 g/mol. The standard InChI is InChI=1S/C26H32N2O5.C22H31N3O5.C20H28N2O5.C18H24N2O5.3H2O/c1-3-33-26(32)23(14-13-19-9-5-4-6-10-19)27-18(2)25(31)28(17-24(29)30)22-15-20-11-7-8-12-21(20)16-22;1-2-30-22(29)18(13-12-16-8-4-3-5-9-16)23-17-10-6-14-24-15-7-11-19(21(27)28)25(24)20(17)26;1-3-27-20(26)16(12-11-15-8-5-4-6-9-15)21-14(2)18(23)22-13-7-10-17(22)19(24)25;1-12(16(21)20-11-5-8-15(20)18(24)25)19-14(17(22)23)10-9-13-6-3-2-4-7-13;;;/h4-12,18,22-23,27H,3,13-17H2,1-2H3,(H,29,30);3-5,8-9,17-19,23H,2,6-7,10-15H2,1H3,(H,27,28);4-6,8-9,14,16-17,21H,3,7,10-13H2,1-2H3,(H,24,25);2-4,6-7,12,14-15,19H,5,8-11H2,1H3,(H,22,23)(H,24,25);3*1H2/t18-,23-;17-,18-,19-;14-,16-,17-;12-,14-,15-;;;/m0000.../s1. The molecule has 4 heterocycles. The van der Waals surface area contributed by atoms with Crippen LogP contribution < -0.4 is 21.3 Å². The third kappa shape index (κ3) is 30.7. The van der Waals surface area contributed by atoms with Crippen LogP contribution in [0.15, 0.2) is 146 Å². The average Bonchev–Trinajstić information content (AvgIpc) is 1.65. The first-order valence-electron chi connectivity index (χ1n) is 40.1. The van der Waals surface area contributed by atoms with Crippen molar-refractivity contribution in [3.8, 4) is 0 Å². The van der Waals surface area contributed by atoms with Gasteiger partial charge in [-0.2, -0.15) is 0 Å². The number of ether oxygens (including phenoxy) is 3. The van der Waals surface area contributed by atoms with E-state index in [2.05, 4.69) is 21.3 Å². The van der Waals surface area contributed by atoms with E-state index >= 15 is 0 Å². The van der Waals surface area contributed by atoms with Gasteiger partial charge in [-0.25, -0.2) is 19.4 Å². The summed E-state index contributed by atoms with van der Waals surface area (Å²) in [5, 5.41) is 62.4. The number of hydrazine groups is 1. The zero-order chi connectivity index (χ0) is 83.5. The van der Waals surface area contributed by atoms with E-state index < -0.39 is 108 Å². The fourth-order valence-electron chi connectivity index (χ4n) is 15.2. The van der Waals surface area contributed by atoms with E-state index in [1.807, 2.05) is 151 Å². The van der Waals surface area contributed by atoms with Crippen LogP contribution in [-0.2, 0) is 110 Å². The largest absolute Gasteiger partial charge is 0.480 e. The van der Waals surface area contributed by atoms with E-state index in [0.29, 0.717) is 129 Å². The van der Waals surface area contributed by atoms with Crippen molar-refractivity contribution in [3.63, 3.8) is 0 Å². The molecule has 32 heteroatoms. The van der Waals surface area contributed by atoms with Gasteiger partial charge in [0.25, 0.3) is 5.91 Å². The summed E-state index contributed by atoms with van der Waals surface area (Å²) in [6.45, 7) is 12.7. The molecule has 0 saturated carbocycles. The number of likely N-dealkylation sites (tertiary alicyclic amines) is 2. The number of nitrogens with zero attached hydrogens (tertiary/aromatic N) is 5. The van der Waals surface area contributed by atoms with E-state index in [0.717, 1.165) is 46.2 Å². The number of carbonyl (C=O) groups is 12. The number of fused-ring (bicyclic) bond motifs is 2. The van der Waals surface area contributed by atoms with Crippen LogP contribution >= 0.6 is 0 Å². The Kier molecular flexibility index (Phi) is 43.6. The molecule has 0 spiro atoms. The highest BCUT2D eigenvalue weighted by molar-refractivity contribution is 5.90. The molecule has 5 aromatic carbocycles. The molecule has 0 radical (unpaired) electrons. The van der Waals surface area contributed by atoms with E-state index in [1.54, 1.807) is 41.5 Å². The highest BCUT2D eigenvalue weighted by Gasteiger charge is 2.44. The Labute approximate surface area is 689 Å². The molecule has 0 unspecified atom stereocenters. The summed E-state index contributed by atoms with van der Waals surface area (Å²) in [6.07, 6.45) is 10.3. The maximum absolute atomic E-state index is 13.4. The summed E-state index contributed by atoms with van der Waals surface area (Å²) in [4.78, 5) is 151. The number of aliphatic carboxylic acids is 5. The molecule has 15 N–H and O–H groups in total. The van der Waals surface area contributed by atoms with E-state index in [4.69, 9.17) is 14.2 Å². The highest BCUT2D eigenvalue weighted by atomic mass is 16.5. The molecule has 4 saturated heterocycles. The van der Waals surface area contributed by atoms with Crippen LogP contribution in [0.25, 0.3) is 0 Å². The summed E-state index contributed by atoms with van der Waals surface area (Å²) in [7, 11) is 0. The molecule has 4 aliphatic heterocycles. The Morgan fingerprint density at radius 3 is 1.14 bits per heavy atom. The molecular weight excluding hydrogens is 1530 g/mol. The third-order valence-corrected chi connectivity index (χ3v) is 21.0. The number of benzene rings is 5. The fourth-order valence-corrected chi connectivity index (χ4v) is 15.2. The molecule has 4 amide bonds. The molecule has 4 fully saturated rings. The lowest BCUT2D eigenvalue weighted by Gasteiger charge is -2.42. The first-order chi connectivity index (χ1) is 55.2. The van der Waals surface area contributed by atoms with Crippen molar-refractivity contribution in [1.82, 2.24) is 46.0 Å². The first-order valence-corrected chi connectivity index (χ1v) is 40.1. The number of esters is 3. The molecule has 0 bridgehead atoms. The van der Waals surface area contributed by atoms with Gasteiger partial charge in [0.2, 0.25) is 17.7 Å². The minimum atomic E-state index is -1.06. The van der Waals surface area contributed by atoms with E-state index in [-0.39, 0.29) is 78.4 Å². The van der Waals surface area contributed by atoms with Crippen LogP contribution in [0.2, 0.25) is 0 Å². The number of hydrogen-bond donors (Lipinski definition) is 9. The van der Waals surface area contributed by atoms with Gasteiger partial charge in [0, 0.05) is 32.2 Å². The van der Waals surface area contributed by atoms with Crippen molar-refractivity contribution < 1.29 is 114 Å². The van der Waals surface area contributed by atoms with Crippen molar-refractivity contribution in [2.45, 2.75) is 230 Å². The van der Waals surface area contributed by atoms with Gasteiger partial charge in [-0.05, 0) is 190 Å². The maximum atomic E-state index is 13.4. The molecule has 5 aliphatic rings. The number of rotatable bonds is 36. The summed E-state index contributed by atoms with van der Waals surface area (Å²) in [5.41, 5.74) is 6.59. The predicted molar refractivity (Wildman–Crippen MR) is 437 cm³/mol. The van der Waals surface area contributed by atoms with E-state index in [1.165, 1.54) is 19.7 Å². The zero-order valence-electron chi connectivity index (χ0n) is 68.3. The van der Waals surface area contributed by atoms with Gasteiger partial charge >= 0.3 is 47.8 Å². The Morgan fingerprint density at radius 1 is 0.432 bits per heavy atom. The number of carboxylic acids is 5. The van der Waals surface area contributed by atoms with Crippen molar-refractivity contribution in [1.29, 1.82) is 0 Å². The lowest BCUT2D eigenvalue weighted by atomic mass is 10.0. The normalized spacial score (nSPS) is 18.5. The van der Waals surface area contributed by atoms with Gasteiger partial charge in [0.1, 0.15) is 48.8 Å². The number of carbonyl (C=O) groups excluding carboxylic acids is 7. The first kappa shape index (κ1) is 99.8. The number of amides is 4. The van der Waals surface area contributed by atoms with Gasteiger partial charge in [-0.3, -0.25) is 69.4 Å². The molecule has 5 aromatic rings. The van der Waals surface area contributed by atoms with E-state index in [9.17, 15) is 83.1 Å². The molecule has 0 aromatic heterocycles. The van der Waals surface area contributed by atoms with Crippen molar-refractivity contribution >= 4 is 71.4 Å². The quantitative estimate of drug-likeness (QED) is 0.0197. The maximum Gasteiger partial charge on any atom is 0.328 e. The van der Waals surface area contributed by atoms with Crippen LogP contribution in [0.1, 0.15) is 152 Å². The number of aryl methyl sites for hydroxylation is 4. The smallest absolute Gasteiger partial charge is 0.328 e. The molecule has 32 nitrogen and oxygen atoms in total. The summed E-state index contributed by atoms with van der Waals surface area (Å²) in [6, 6.07) is 38.6. The van der Waals surface area contributed by atoms with Crippen molar-refractivity contribution in [2.24, 2.45) is 0 Å². The second-order valence-corrected chi connectivity index (χ2v) is 29.3. The minimum Gasteiger partial charge on any atom is -0.480 e. The topological polar surface area (TPSA) is 492 Å². The Hall–Kier alpha value is -10.6. The van der Waals surface area contributed by atoms with Crippen LogP contribution in [0.3, 0.4) is 0 Å². The van der Waals surface area contributed by atoms with Gasteiger partial charge in [-0.15, -0.1) is 0 Å². The lowest BCUT2D eigenvalue weighted by Crippen LogP contribution is -2.61. The van der Waals surface area contributed by atoms with Gasteiger partial charge < -0.3 is 70.9 Å². The molecular formula is C86H121N9O23. The molecule has 11 atom stereocenters. The fraction of sp³-hybridized carbons (Fsp3) is 0.512. The number of nitrogens with one attached hydrogen (secondary N) is 4. The summed E-state index contributed by atoms with van der Waals surface area (Å²) < 4.78 is 15.6. The van der Waals surface area contributed by atoms with Gasteiger partial charge in [0.05, 0.1) is 44.0 Å². The number of carboxylic acid groups (broad SMARTS) is 5. The van der Waals surface area contributed by atoms with Crippen LogP contribution in [-0.4, -0.2) is 263 Å². The Balaban J connectivity index is 0.000000330. The Morgan fingerprint density at radius 2 is 0.763 bits per heavy atom. The highest BCUT2D eigenvalue weighted by Crippen LogP contribution is 2.29. The summed E-state index contributed by atoms with van der Waals surface area (Å²) in [5.74, 6) is -7.52. The summed E-state index contributed by atoms with van der Waals surface area (Å²) >= 11 is 0. The molecule has 10 rings (SSSR count). The third-order valence-electron chi connectivity index (χ3n) is 21.0. The van der Waals surface area contributed by atoms with Crippen molar-refractivity contribution in [2.75, 3.05) is 52.5 Å². The minimum absolute atomic E-state index is 0. The Bertz CT molecular complexity index is 3960. The van der Waals surface area contributed by atoms with Crippen LogP contribution in [0.4, 0.5) is 0 Å². The number of hydrogen-bond acceptors (Lipinski definition) is 20. The lowest BCUT2D eigenvalue weighted by molar-refractivity contribution is -0.174. The molecule has 1 aliphatic carbocycles. The second kappa shape index (κ2) is 51.6. The molecule has 118 heavy (non-hydrogen) atoms. The predicted octanol–water partition coefficient (Wildman–Crippen LogP) is 4.46. The molecule has 648 valence electrons. The SMILES string of the molecule is CCOC(=O)[C@H](CCc1ccccc1)N[C@@H](C)C(=O)N(CC(=O)O)C1Cc2ccccc2C1.CCOC(=O)[C@H](CCc1ccccc1)N[C@@H](C)C(=O)N1CCC[C@H]1C(=O)O.CCOC(=O)[C@H](CCc1ccccc1)N[C@H]1CCCN2CCC[C@@H](C(=O)O)N2C1=O.C[C@H](N[C@@H](CCc1ccccc1)C(=O)O)C(=O)N1CCC[C@H]1C(=O)O.O.O.O. The average molecular weight is 1650 g/mol. The van der Waals surface area contributed by atoms with Crippen LogP contribution in [0, 0.1) is 0 Å². The van der Waals surface area contributed by atoms with Crippen LogP contribution in [0.5, 0.6) is 0 Å². The van der Waals surface area contributed by atoms with Gasteiger partial charge in [-0.1, -0.05) is 146 Å². The van der Waals surface area contributed by atoms with Gasteiger partial charge in [0.15, 0.2) is 0 Å². The second-order valence-electron chi connectivity index (χ2n) is 29.3. The van der Waals surface area contributed by atoms with Crippen molar-refractivity contribution in [3.05, 3.63) is 179 Å². The zero-order valence-corrected chi connectivity index (χ0v) is 68.3.